The fourth-order valence-electron chi connectivity index (χ4n) is 4.01. The number of fused-ring (bicyclic) bond motifs is 1. The van der Waals surface area contributed by atoms with Crippen LogP contribution in [0.2, 0.25) is 0 Å². The molecular weight excluding hydrogens is 607 g/mol. The summed E-state index contributed by atoms with van der Waals surface area (Å²) in [5.74, 6) is -5.56. The first-order chi connectivity index (χ1) is 19.3. The molecule has 234 valence electrons. The normalized spacial score (nSPS) is 18.5. The lowest BCUT2D eigenvalue weighted by Gasteiger charge is -2.44. The van der Waals surface area contributed by atoms with Crippen LogP contribution >= 0.6 is 0 Å². The van der Waals surface area contributed by atoms with Crippen LogP contribution in [0.4, 0.5) is 30.7 Å². The van der Waals surface area contributed by atoms with Crippen LogP contribution < -0.4 is 4.74 Å². The summed E-state index contributed by atoms with van der Waals surface area (Å²) in [6, 6.07) is 9.72. The minimum absolute atomic E-state index is 0.126. The molecule has 2 aliphatic heterocycles. The molecule has 2 N–H and O–H groups in total. The van der Waals surface area contributed by atoms with E-state index in [9.17, 15) is 39.2 Å². The van der Waals surface area contributed by atoms with E-state index in [1.54, 1.807) is 19.3 Å². The van der Waals surface area contributed by atoms with Crippen LogP contribution in [0.25, 0.3) is 0 Å². The lowest BCUT2D eigenvalue weighted by molar-refractivity contribution is -0.193. The van der Waals surface area contributed by atoms with Gasteiger partial charge in [-0.25, -0.2) is 31.7 Å². The van der Waals surface area contributed by atoms with Crippen LogP contribution in [0.5, 0.6) is 5.88 Å². The van der Waals surface area contributed by atoms with Crippen molar-refractivity contribution < 1.29 is 63.7 Å². The quantitative estimate of drug-likeness (QED) is 0.474. The van der Waals surface area contributed by atoms with Crippen molar-refractivity contribution in [1.82, 2.24) is 14.2 Å². The number of hydrogen-bond acceptors (Lipinski definition) is 7. The Bertz CT molecular complexity index is 1310. The second kappa shape index (κ2) is 13.6. The van der Waals surface area contributed by atoms with E-state index in [0.717, 1.165) is 38.0 Å². The van der Waals surface area contributed by atoms with E-state index >= 15 is 0 Å². The fraction of sp³-hybridized carbons (Fsp3) is 0.458. The Morgan fingerprint density at radius 1 is 0.976 bits per heavy atom. The molecular formula is C24H26F7N3O7S. The summed E-state index contributed by atoms with van der Waals surface area (Å²) >= 11 is 0. The molecule has 1 fully saturated rings. The van der Waals surface area contributed by atoms with Crippen molar-refractivity contribution in [3.63, 3.8) is 0 Å². The number of sulfonamides is 1. The molecule has 0 saturated carbocycles. The van der Waals surface area contributed by atoms with Gasteiger partial charge in [0.05, 0.1) is 6.61 Å². The van der Waals surface area contributed by atoms with Crippen molar-refractivity contribution in [2.45, 2.75) is 36.6 Å². The molecule has 0 aliphatic carbocycles. The van der Waals surface area contributed by atoms with Gasteiger partial charge < -0.3 is 14.9 Å². The first kappa shape index (κ1) is 34.7. The standard InChI is InChI=1S/C20H24FN3O3S.2C2HF3O2/c1-23-14-20(15-27-19-18(28(23,25)26)3-2-10-22-19)8-11-24(12-9-20)13-16-4-6-17(21)7-5-16;2*3-2(4,5)1(6)7/h2-7,10H,8-9,11-15H2,1H3;2*(H,6,7). The Kier molecular flexibility index (Phi) is 11.3. The van der Waals surface area contributed by atoms with Gasteiger partial charge in [-0.05, 0) is 55.8 Å². The second-order valence-corrected chi connectivity index (χ2v) is 11.4. The van der Waals surface area contributed by atoms with Crippen molar-refractivity contribution >= 4 is 22.0 Å². The van der Waals surface area contributed by atoms with Gasteiger partial charge in [-0.3, -0.25) is 4.90 Å². The number of benzene rings is 1. The zero-order valence-electron chi connectivity index (χ0n) is 21.8. The number of carboxylic acid groups (broad SMARTS) is 2. The van der Waals surface area contributed by atoms with Crippen LogP contribution in [-0.2, 0) is 26.2 Å². The number of aliphatic carboxylic acids is 2. The van der Waals surface area contributed by atoms with E-state index in [4.69, 9.17) is 24.5 Å². The topological polar surface area (TPSA) is 137 Å². The fourth-order valence-corrected chi connectivity index (χ4v) is 5.37. The van der Waals surface area contributed by atoms with E-state index in [0.29, 0.717) is 13.2 Å². The summed E-state index contributed by atoms with van der Waals surface area (Å²) in [6.07, 6.45) is -6.96. The highest BCUT2D eigenvalue weighted by atomic mass is 32.2. The lowest BCUT2D eigenvalue weighted by Crippen LogP contribution is -2.50. The molecule has 0 atom stereocenters. The molecule has 0 radical (unpaired) electrons. The number of hydrogen-bond donors (Lipinski definition) is 2. The third kappa shape index (κ3) is 9.80. The first-order valence-corrected chi connectivity index (χ1v) is 13.3. The number of likely N-dealkylation sites (tertiary alicyclic amines) is 1. The predicted octanol–water partition coefficient (Wildman–Crippen LogP) is 3.78. The summed E-state index contributed by atoms with van der Waals surface area (Å²) in [7, 11) is -2.00. The number of ether oxygens (including phenoxy) is 1. The molecule has 1 saturated heterocycles. The van der Waals surface area contributed by atoms with E-state index < -0.39 is 34.3 Å². The smallest absolute Gasteiger partial charge is 0.476 e. The number of rotatable bonds is 2. The van der Waals surface area contributed by atoms with Gasteiger partial charge in [0, 0.05) is 31.7 Å². The van der Waals surface area contributed by atoms with Gasteiger partial charge in [-0.2, -0.15) is 26.3 Å². The summed E-state index contributed by atoms with van der Waals surface area (Å²) in [5.41, 5.74) is 0.833. The van der Waals surface area contributed by atoms with E-state index in [-0.39, 0.29) is 22.0 Å². The molecule has 42 heavy (non-hydrogen) atoms. The maximum Gasteiger partial charge on any atom is 0.490 e. The van der Waals surface area contributed by atoms with Crippen LogP contribution in [0.15, 0.2) is 47.5 Å². The molecule has 1 spiro atoms. The van der Waals surface area contributed by atoms with Gasteiger partial charge in [0.15, 0.2) is 0 Å². The number of piperidine rings is 1. The minimum atomic E-state index is -5.08. The van der Waals surface area contributed by atoms with Crippen molar-refractivity contribution in [3.8, 4) is 5.88 Å². The monoisotopic (exact) mass is 633 g/mol. The Morgan fingerprint density at radius 3 is 1.95 bits per heavy atom. The highest BCUT2D eigenvalue weighted by molar-refractivity contribution is 7.89. The number of carbonyl (C=O) groups is 2. The number of halogens is 7. The Balaban J connectivity index is 0.000000367. The van der Waals surface area contributed by atoms with E-state index in [1.807, 2.05) is 12.1 Å². The number of pyridine rings is 1. The third-order valence-electron chi connectivity index (χ3n) is 6.22. The maximum absolute atomic E-state index is 13.1. The highest BCUT2D eigenvalue weighted by Crippen LogP contribution is 2.38. The second-order valence-electron chi connectivity index (χ2n) is 9.36. The average Bonchev–Trinajstić information content (AvgIpc) is 2.89. The summed E-state index contributed by atoms with van der Waals surface area (Å²) in [6.45, 7) is 3.30. The molecule has 2 aromatic rings. The highest BCUT2D eigenvalue weighted by Gasteiger charge is 2.42. The van der Waals surface area contributed by atoms with Gasteiger partial charge in [-0.1, -0.05) is 12.1 Å². The molecule has 0 unspecified atom stereocenters. The van der Waals surface area contributed by atoms with Crippen LogP contribution in [0.1, 0.15) is 18.4 Å². The van der Waals surface area contributed by atoms with Gasteiger partial charge in [0.1, 0.15) is 10.7 Å². The number of carboxylic acids is 2. The minimum Gasteiger partial charge on any atom is -0.476 e. The zero-order valence-corrected chi connectivity index (χ0v) is 22.6. The van der Waals surface area contributed by atoms with Crippen LogP contribution in [0.3, 0.4) is 0 Å². The number of alkyl halides is 6. The summed E-state index contributed by atoms with van der Waals surface area (Å²) in [4.78, 5) is 24.4. The number of aromatic nitrogens is 1. The summed E-state index contributed by atoms with van der Waals surface area (Å²) < 4.78 is 110. The van der Waals surface area contributed by atoms with Crippen LogP contribution in [0, 0.1) is 11.2 Å². The predicted molar refractivity (Wildman–Crippen MR) is 130 cm³/mol. The van der Waals surface area contributed by atoms with E-state index in [2.05, 4.69) is 9.88 Å². The van der Waals surface area contributed by atoms with Crippen molar-refractivity contribution in [2.24, 2.45) is 5.41 Å². The molecule has 0 amide bonds. The van der Waals surface area contributed by atoms with Crippen molar-refractivity contribution in [3.05, 3.63) is 54.0 Å². The van der Waals surface area contributed by atoms with Crippen molar-refractivity contribution in [2.75, 3.05) is 33.3 Å². The SMILES string of the molecule is CN1CC2(CCN(Cc3ccc(F)cc3)CC2)COc2ncccc2S1(=O)=O.O=C(O)C(F)(F)F.O=C(O)C(F)(F)F. The number of nitrogens with zero attached hydrogens (tertiary/aromatic N) is 3. The average molecular weight is 634 g/mol. The van der Waals surface area contributed by atoms with Crippen LogP contribution in [-0.4, -0.2) is 90.4 Å². The molecule has 2 aliphatic rings. The zero-order chi connectivity index (χ0) is 31.9. The molecule has 1 aromatic carbocycles. The molecule has 0 bridgehead atoms. The summed E-state index contributed by atoms with van der Waals surface area (Å²) in [5, 5.41) is 14.2. The van der Waals surface area contributed by atoms with Gasteiger partial charge in [0.25, 0.3) is 0 Å². The first-order valence-electron chi connectivity index (χ1n) is 11.9. The molecule has 10 nitrogen and oxygen atoms in total. The maximum atomic E-state index is 13.1. The van der Waals surface area contributed by atoms with Gasteiger partial charge in [-0.15, -0.1) is 0 Å². The third-order valence-corrected chi connectivity index (χ3v) is 8.04. The van der Waals surface area contributed by atoms with Gasteiger partial charge in [0.2, 0.25) is 15.9 Å². The van der Waals surface area contributed by atoms with Crippen molar-refractivity contribution in [1.29, 1.82) is 0 Å². The molecule has 3 heterocycles. The Morgan fingerprint density at radius 2 is 1.48 bits per heavy atom. The van der Waals surface area contributed by atoms with E-state index in [1.165, 1.54) is 22.5 Å². The molecule has 4 rings (SSSR count). The lowest BCUT2D eigenvalue weighted by atomic mass is 9.79. The largest absolute Gasteiger partial charge is 0.490 e. The van der Waals surface area contributed by atoms with Gasteiger partial charge >= 0.3 is 24.3 Å². The Labute approximate surface area is 235 Å². The molecule has 1 aromatic heterocycles. The molecule has 18 heteroatoms. The Hall–Kier alpha value is -3.51.